The van der Waals surface area contributed by atoms with Crippen molar-refractivity contribution in [2.45, 2.75) is 45.1 Å². The van der Waals surface area contributed by atoms with Crippen LogP contribution in [0.3, 0.4) is 0 Å². The SMILES string of the molecule is Cc1cc(OCc2ccsc2-c2cccc(-n3ncc(C(=O)O)c3F)n2)ccc1C1CCN(C(=O)C2CC2)CC1. The lowest BCUT2D eigenvalue weighted by Gasteiger charge is -2.33. The van der Waals surface area contributed by atoms with E-state index >= 15 is 0 Å². The number of hydrogen-bond acceptors (Lipinski definition) is 6. The average molecular weight is 561 g/mol. The molecule has 206 valence electrons. The highest BCUT2D eigenvalue weighted by Crippen LogP contribution is 2.36. The number of aryl methyl sites for hydroxylation is 1. The Hall–Kier alpha value is -4.05. The lowest BCUT2D eigenvalue weighted by Crippen LogP contribution is -2.38. The molecule has 0 unspecified atom stereocenters. The molecule has 40 heavy (non-hydrogen) atoms. The summed E-state index contributed by atoms with van der Waals surface area (Å²) in [5.74, 6) is -0.308. The van der Waals surface area contributed by atoms with E-state index in [1.807, 2.05) is 28.5 Å². The van der Waals surface area contributed by atoms with E-state index in [0.29, 0.717) is 24.1 Å². The first kappa shape index (κ1) is 26.2. The summed E-state index contributed by atoms with van der Waals surface area (Å²) in [6.07, 6.45) is 5.06. The van der Waals surface area contributed by atoms with Gasteiger partial charge in [0.2, 0.25) is 11.9 Å². The van der Waals surface area contributed by atoms with Crippen molar-refractivity contribution in [3.8, 4) is 22.1 Å². The molecule has 1 saturated carbocycles. The highest BCUT2D eigenvalue weighted by atomic mass is 32.1. The second-order valence-electron chi connectivity index (χ2n) is 10.4. The third-order valence-corrected chi connectivity index (χ3v) is 8.66. The number of carboxylic acids is 1. The molecule has 0 atom stereocenters. The number of benzene rings is 1. The van der Waals surface area contributed by atoms with E-state index in [1.54, 1.807) is 12.1 Å². The summed E-state index contributed by atoms with van der Waals surface area (Å²) in [5, 5.41) is 14.9. The van der Waals surface area contributed by atoms with Crippen LogP contribution in [0, 0.1) is 18.8 Å². The van der Waals surface area contributed by atoms with Gasteiger partial charge in [-0.25, -0.2) is 9.78 Å². The van der Waals surface area contributed by atoms with Gasteiger partial charge in [0, 0.05) is 24.6 Å². The molecular formula is C30H29FN4O4S. The maximum absolute atomic E-state index is 14.5. The largest absolute Gasteiger partial charge is 0.489 e. The van der Waals surface area contributed by atoms with Crippen molar-refractivity contribution >= 4 is 23.2 Å². The third-order valence-electron chi connectivity index (χ3n) is 7.68. The fourth-order valence-electron chi connectivity index (χ4n) is 5.33. The summed E-state index contributed by atoms with van der Waals surface area (Å²) in [6, 6.07) is 13.3. The first-order chi connectivity index (χ1) is 19.4. The predicted octanol–water partition coefficient (Wildman–Crippen LogP) is 5.84. The molecule has 1 aliphatic carbocycles. The first-order valence-electron chi connectivity index (χ1n) is 13.4. The van der Waals surface area contributed by atoms with Gasteiger partial charge in [-0.15, -0.1) is 11.3 Å². The zero-order chi connectivity index (χ0) is 27.8. The van der Waals surface area contributed by atoms with Crippen LogP contribution in [0.5, 0.6) is 5.75 Å². The Morgan fingerprint density at radius 3 is 2.62 bits per heavy atom. The number of carbonyl (C=O) groups is 2. The number of carboxylic acid groups (broad SMARTS) is 1. The average Bonchev–Trinajstić information content (AvgIpc) is 3.58. The molecule has 4 aromatic rings. The Bertz CT molecular complexity index is 1570. The Balaban J connectivity index is 1.12. The van der Waals surface area contributed by atoms with Gasteiger partial charge in [0.05, 0.1) is 16.8 Å². The van der Waals surface area contributed by atoms with E-state index in [-0.39, 0.29) is 11.7 Å². The first-order valence-corrected chi connectivity index (χ1v) is 14.3. The minimum absolute atomic E-state index is 0.191. The van der Waals surface area contributed by atoms with Gasteiger partial charge in [-0.05, 0) is 85.4 Å². The van der Waals surface area contributed by atoms with Crippen LogP contribution < -0.4 is 4.74 Å². The smallest absolute Gasteiger partial charge is 0.342 e. The van der Waals surface area contributed by atoms with Gasteiger partial charge in [-0.2, -0.15) is 14.2 Å². The van der Waals surface area contributed by atoms with Gasteiger partial charge in [0.15, 0.2) is 5.82 Å². The Morgan fingerprint density at radius 1 is 1.12 bits per heavy atom. The zero-order valence-corrected chi connectivity index (χ0v) is 22.9. The maximum Gasteiger partial charge on any atom is 0.342 e. The highest BCUT2D eigenvalue weighted by Gasteiger charge is 2.35. The number of amides is 1. The summed E-state index contributed by atoms with van der Waals surface area (Å²) in [5.41, 5.74) is 3.56. The number of piperidine rings is 1. The molecule has 6 rings (SSSR count). The Labute approximate surface area is 235 Å². The van der Waals surface area contributed by atoms with E-state index in [2.05, 4.69) is 29.1 Å². The van der Waals surface area contributed by atoms with Crippen molar-refractivity contribution in [3.05, 3.63) is 82.2 Å². The number of aromatic nitrogens is 3. The summed E-state index contributed by atoms with van der Waals surface area (Å²) < 4.78 is 21.6. The van der Waals surface area contributed by atoms with Crippen molar-refractivity contribution in [1.82, 2.24) is 19.7 Å². The fraction of sp³-hybridized carbons (Fsp3) is 0.333. The molecule has 0 spiro atoms. The Morgan fingerprint density at radius 2 is 1.93 bits per heavy atom. The number of likely N-dealkylation sites (tertiary alicyclic amines) is 1. The minimum atomic E-state index is -1.38. The van der Waals surface area contributed by atoms with Crippen molar-refractivity contribution < 1.29 is 23.8 Å². The van der Waals surface area contributed by atoms with Gasteiger partial charge in [0.25, 0.3) is 0 Å². The number of halogens is 1. The molecule has 0 bridgehead atoms. The number of pyridine rings is 1. The molecule has 8 nitrogen and oxygen atoms in total. The van der Waals surface area contributed by atoms with E-state index in [9.17, 15) is 14.0 Å². The molecule has 4 heterocycles. The Kier molecular flexibility index (Phi) is 7.10. The number of nitrogens with zero attached hydrogens (tertiary/aromatic N) is 4. The molecule has 1 aliphatic heterocycles. The summed E-state index contributed by atoms with van der Waals surface area (Å²) in [7, 11) is 0. The van der Waals surface area contributed by atoms with Gasteiger partial charge in [-0.1, -0.05) is 12.1 Å². The van der Waals surface area contributed by atoms with Crippen molar-refractivity contribution in [2.75, 3.05) is 13.1 Å². The minimum Gasteiger partial charge on any atom is -0.489 e. The number of rotatable bonds is 8. The van der Waals surface area contributed by atoms with Crippen LogP contribution in [0.4, 0.5) is 4.39 Å². The van der Waals surface area contributed by atoms with E-state index < -0.39 is 17.5 Å². The quantitative estimate of drug-likeness (QED) is 0.291. The van der Waals surface area contributed by atoms with Crippen molar-refractivity contribution in [2.24, 2.45) is 5.92 Å². The molecule has 1 amide bonds. The van der Waals surface area contributed by atoms with Crippen LogP contribution in [0.2, 0.25) is 0 Å². The van der Waals surface area contributed by atoms with Crippen LogP contribution in [0.1, 0.15) is 58.6 Å². The number of thiophene rings is 1. The normalized spacial score (nSPS) is 15.8. The monoisotopic (exact) mass is 560 g/mol. The number of carbonyl (C=O) groups excluding carboxylic acids is 1. The van der Waals surface area contributed by atoms with Crippen LogP contribution >= 0.6 is 11.3 Å². The number of aromatic carboxylic acids is 1. The molecular weight excluding hydrogens is 531 g/mol. The second-order valence-corrected chi connectivity index (χ2v) is 11.3. The second kappa shape index (κ2) is 10.8. The molecule has 10 heteroatoms. The van der Waals surface area contributed by atoms with E-state index in [4.69, 9.17) is 9.84 Å². The van der Waals surface area contributed by atoms with Gasteiger partial charge in [-0.3, -0.25) is 4.79 Å². The topological polar surface area (TPSA) is 97.6 Å². The number of hydrogen-bond donors (Lipinski definition) is 1. The summed E-state index contributed by atoms with van der Waals surface area (Å²) in [6.45, 7) is 4.12. The molecule has 2 fully saturated rings. The standard InChI is InChI=1S/C30H29FN4O4S/c1-18-15-22(7-8-23(18)19-9-12-34(13-10-19)29(36)20-5-6-20)39-17-21-11-14-40-27(21)25-3-2-4-26(33-25)35-28(31)24(16-32-35)30(37)38/h2-4,7-8,11,14-16,19-20H,5-6,9-10,12-13,17H2,1H3,(H,37,38). The predicted molar refractivity (Wildman–Crippen MR) is 148 cm³/mol. The highest BCUT2D eigenvalue weighted by molar-refractivity contribution is 7.13. The summed E-state index contributed by atoms with van der Waals surface area (Å²) in [4.78, 5) is 31.0. The van der Waals surface area contributed by atoms with Crippen molar-refractivity contribution in [1.29, 1.82) is 0 Å². The third kappa shape index (κ3) is 5.23. The lowest BCUT2D eigenvalue weighted by atomic mass is 9.86. The molecule has 2 aliphatic rings. The lowest BCUT2D eigenvalue weighted by molar-refractivity contribution is -0.133. The van der Waals surface area contributed by atoms with Gasteiger partial charge < -0.3 is 14.7 Å². The van der Waals surface area contributed by atoms with Gasteiger partial charge in [0.1, 0.15) is 17.9 Å². The number of ether oxygens (including phenoxy) is 1. The van der Waals surface area contributed by atoms with Crippen LogP contribution in [0.15, 0.2) is 54.0 Å². The van der Waals surface area contributed by atoms with Crippen LogP contribution in [0.25, 0.3) is 16.4 Å². The molecule has 3 aromatic heterocycles. The van der Waals surface area contributed by atoms with Gasteiger partial charge >= 0.3 is 5.97 Å². The molecule has 1 N–H and O–H groups in total. The molecule has 1 saturated heterocycles. The fourth-order valence-corrected chi connectivity index (χ4v) is 6.22. The molecule has 0 radical (unpaired) electrons. The molecule has 1 aromatic carbocycles. The maximum atomic E-state index is 14.5. The van der Waals surface area contributed by atoms with Crippen LogP contribution in [-0.4, -0.2) is 49.7 Å². The van der Waals surface area contributed by atoms with Crippen LogP contribution in [-0.2, 0) is 11.4 Å². The van der Waals surface area contributed by atoms with E-state index in [0.717, 1.165) is 65.8 Å². The summed E-state index contributed by atoms with van der Waals surface area (Å²) >= 11 is 1.50. The van der Waals surface area contributed by atoms with E-state index in [1.165, 1.54) is 22.5 Å². The van der Waals surface area contributed by atoms with Crippen molar-refractivity contribution in [3.63, 3.8) is 0 Å². The zero-order valence-electron chi connectivity index (χ0n) is 22.0.